The van der Waals surface area contributed by atoms with Crippen molar-refractivity contribution in [2.24, 2.45) is 17.8 Å². The number of hydrogen-bond acceptors (Lipinski definition) is 10. The molecule has 4 fully saturated rings. The third-order valence-electron chi connectivity index (χ3n) is 9.81. The second-order valence-electron chi connectivity index (χ2n) is 13.7. The number of amides is 1. The molecule has 0 saturated carbocycles. The summed E-state index contributed by atoms with van der Waals surface area (Å²) in [6.45, 7) is 11.2. The molecule has 4 heterocycles. The Hall–Kier alpha value is -0.890. The molecule has 0 spiro atoms. The summed E-state index contributed by atoms with van der Waals surface area (Å²) in [6, 6.07) is 7.41. The van der Waals surface area contributed by atoms with Crippen LogP contribution in [0.2, 0.25) is 0 Å². The van der Waals surface area contributed by atoms with Crippen LogP contribution in [0.5, 0.6) is 0 Å². The standard InChI is InChI=1S/C33H53N3O6S2/c1-19(2)15-22-11-14-41-30-23(16-22)17-34-26(30)32(40)35-25(31-28(38)27(37)29(39)33(42-31)43-4)20(3)44-24-9-7-21(8-10-24)18-36-12-5-6-13-36/h7-10,19-20,22-23,25-31,33-34,37-39H,5-6,11-18H2,1-4H3,(H,35,40)/t20-,22-,23-,25+,26-,27?,28?,29?,30+,31?,33?/m0/s1. The first-order valence-corrected chi connectivity index (χ1v) is 18.7. The first-order valence-electron chi connectivity index (χ1n) is 16.5. The molecule has 4 saturated heterocycles. The molecule has 248 valence electrons. The van der Waals surface area contributed by atoms with E-state index in [4.69, 9.17) is 9.47 Å². The zero-order valence-electron chi connectivity index (χ0n) is 26.6. The van der Waals surface area contributed by atoms with Gasteiger partial charge in [-0.1, -0.05) is 32.9 Å². The second kappa shape index (κ2) is 15.8. The van der Waals surface area contributed by atoms with Gasteiger partial charge in [0.15, 0.2) is 0 Å². The minimum absolute atomic E-state index is 0.185. The molecule has 5 rings (SSSR count). The van der Waals surface area contributed by atoms with E-state index in [0.717, 1.165) is 43.9 Å². The number of fused-ring (bicyclic) bond motifs is 1. The molecule has 4 aliphatic heterocycles. The van der Waals surface area contributed by atoms with E-state index in [0.29, 0.717) is 18.4 Å². The summed E-state index contributed by atoms with van der Waals surface area (Å²) in [5.41, 5.74) is 0.553. The fraction of sp³-hybridized carbons (Fsp3) is 0.788. The van der Waals surface area contributed by atoms with Crippen molar-refractivity contribution in [3.63, 3.8) is 0 Å². The highest BCUT2D eigenvalue weighted by Crippen LogP contribution is 2.36. The van der Waals surface area contributed by atoms with Gasteiger partial charge >= 0.3 is 0 Å². The largest absolute Gasteiger partial charge is 0.388 e. The Morgan fingerprint density at radius 1 is 1.09 bits per heavy atom. The van der Waals surface area contributed by atoms with E-state index in [1.54, 1.807) is 18.0 Å². The van der Waals surface area contributed by atoms with Crippen LogP contribution in [0, 0.1) is 17.8 Å². The van der Waals surface area contributed by atoms with Gasteiger partial charge in [-0.15, -0.1) is 23.5 Å². The van der Waals surface area contributed by atoms with Gasteiger partial charge in [0.25, 0.3) is 0 Å². The minimum atomic E-state index is -1.38. The van der Waals surface area contributed by atoms with Crippen LogP contribution in [0.1, 0.15) is 58.4 Å². The Bertz CT molecular complexity index is 1060. The number of aliphatic hydroxyl groups is 3. The Balaban J connectivity index is 1.30. The number of ether oxygens (including phenoxy) is 2. The number of aliphatic hydroxyl groups excluding tert-OH is 3. The van der Waals surface area contributed by atoms with Gasteiger partial charge in [-0.3, -0.25) is 9.69 Å². The number of nitrogens with one attached hydrogen (secondary N) is 2. The molecule has 0 bridgehead atoms. The molecule has 0 aliphatic carbocycles. The fourth-order valence-electron chi connectivity index (χ4n) is 7.52. The third-order valence-corrected chi connectivity index (χ3v) is 11.9. The maximum absolute atomic E-state index is 14.0. The SMILES string of the molecule is CSC1OC([C@H](NC(=O)[C@H]2NC[C@@H]3C[C@H](CC(C)C)CCO[C@H]32)[C@H](C)Sc2ccc(CN3CCCC3)cc2)C(O)C(O)C1O. The smallest absolute Gasteiger partial charge is 0.240 e. The van der Waals surface area contributed by atoms with Crippen LogP contribution in [0.3, 0.4) is 0 Å². The van der Waals surface area contributed by atoms with E-state index in [-0.39, 0.29) is 23.2 Å². The molecular weight excluding hydrogens is 599 g/mol. The summed E-state index contributed by atoms with van der Waals surface area (Å²) in [4.78, 5) is 17.5. The molecule has 11 atom stereocenters. The number of rotatable bonds is 11. The number of likely N-dealkylation sites (tertiary alicyclic amines) is 1. The fourth-order valence-corrected chi connectivity index (χ4v) is 9.29. The summed E-state index contributed by atoms with van der Waals surface area (Å²) in [5.74, 6) is 1.32. The number of nitrogens with zero attached hydrogens (tertiary/aromatic N) is 1. The average Bonchev–Trinajstić information content (AvgIpc) is 3.61. The average molecular weight is 652 g/mol. The van der Waals surface area contributed by atoms with Gasteiger partial charge in [0.1, 0.15) is 35.9 Å². The van der Waals surface area contributed by atoms with Crippen molar-refractivity contribution in [2.75, 3.05) is 32.5 Å². The molecular formula is C33H53N3O6S2. The molecule has 9 nitrogen and oxygen atoms in total. The van der Waals surface area contributed by atoms with Crippen molar-refractivity contribution in [1.82, 2.24) is 15.5 Å². The summed E-state index contributed by atoms with van der Waals surface area (Å²) in [6.07, 6.45) is 2.47. The van der Waals surface area contributed by atoms with Gasteiger partial charge in [0.2, 0.25) is 5.91 Å². The van der Waals surface area contributed by atoms with Crippen molar-refractivity contribution in [3.8, 4) is 0 Å². The molecule has 5 unspecified atom stereocenters. The Labute approximate surface area is 271 Å². The van der Waals surface area contributed by atoms with Crippen LogP contribution < -0.4 is 10.6 Å². The minimum Gasteiger partial charge on any atom is -0.388 e. The van der Waals surface area contributed by atoms with E-state index in [1.807, 2.05) is 6.92 Å². The lowest BCUT2D eigenvalue weighted by atomic mass is 9.85. The molecule has 0 aromatic heterocycles. The van der Waals surface area contributed by atoms with Crippen LogP contribution in [0.25, 0.3) is 0 Å². The lowest BCUT2D eigenvalue weighted by molar-refractivity contribution is -0.205. The normalized spacial score (nSPS) is 36.1. The van der Waals surface area contributed by atoms with E-state index in [9.17, 15) is 20.1 Å². The highest BCUT2D eigenvalue weighted by Gasteiger charge is 2.50. The highest BCUT2D eigenvalue weighted by atomic mass is 32.2. The number of thioether (sulfide) groups is 2. The van der Waals surface area contributed by atoms with Crippen molar-refractivity contribution in [2.45, 2.75) is 118 Å². The van der Waals surface area contributed by atoms with Gasteiger partial charge in [0.05, 0.1) is 12.1 Å². The zero-order valence-corrected chi connectivity index (χ0v) is 28.3. The highest BCUT2D eigenvalue weighted by molar-refractivity contribution is 8.00. The maximum atomic E-state index is 14.0. The van der Waals surface area contributed by atoms with Gasteiger partial charge in [0, 0.05) is 29.8 Å². The van der Waals surface area contributed by atoms with Crippen molar-refractivity contribution >= 4 is 29.4 Å². The van der Waals surface area contributed by atoms with Crippen LogP contribution in [0.4, 0.5) is 0 Å². The third kappa shape index (κ3) is 8.33. The first kappa shape index (κ1) is 34.4. The Kier molecular flexibility index (Phi) is 12.4. The number of carbonyl (C=O) groups excluding carboxylic acids is 1. The maximum Gasteiger partial charge on any atom is 0.240 e. The van der Waals surface area contributed by atoms with Gasteiger partial charge in [-0.25, -0.2) is 0 Å². The van der Waals surface area contributed by atoms with E-state index < -0.39 is 41.9 Å². The van der Waals surface area contributed by atoms with Crippen LogP contribution in [-0.4, -0.2) is 112 Å². The molecule has 11 heteroatoms. The van der Waals surface area contributed by atoms with E-state index in [2.05, 4.69) is 53.6 Å². The lowest BCUT2D eigenvalue weighted by Crippen LogP contribution is -2.65. The summed E-state index contributed by atoms with van der Waals surface area (Å²) in [5, 5.41) is 38.8. The van der Waals surface area contributed by atoms with Crippen LogP contribution in [0.15, 0.2) is 29.2 Å². The van der Waals surface area contributed by atoms with Crippen LogP contribution in [-0.2, 0) is 20.8 Å². The van der Waals surface area contributed by atoms with Gasteiger partial charge in [-0.2, -0.15) is 0 Å². The van der Waals surface area contributed by atoms with E-state index >= 15 is 0 Å². The van der Waals surface area contributed by atoms with E-state index in [1.165, 1.54) is 36.6 Å². The predicted octanol–water partition coefficient (Wildman–Crippen LogP) is 2.85. The summed E-state index contributed by atoms with van der Waals surface area (Å²) in [7, 11) is 0. The zero-order chi connectivity index (χ0) is 31.4. The number of benzene rings is 1. The number of carbonyl (C=O) groups is 1. The molecule has 1 aromatic carbocycles. The molecule has 44 heavy (non-hydrogen) atoms. The first-order chi connectivity index (χ1) is 21.1. The molecule has 1 amide bonds. The molecule has 1 aromatic rings. The topological polar surface area (TPSA) is 124 Å². The molecule has 0 radical (unpaired) electrons. The summed E-state index contributed by atoms with van der Waals surface area (Å²) < 4.78 is 12.5. The van der Waals surface area contributed by atoms with Crippen molar-refractivity contribution in [3.05, 3.63) is 29.8 Å². The second-order valence-corrected chi connectivity index (χ2v) is 16.0. The number of hydrogen-bond donors (Lipinski definition) is 5. The Morgan fingerprint density at radius 2 is 1.82 bits per heavy atom. The van der Waals surface area contributed by atoms with Gasteiger partial charge in [-0.05, 0) is 86.9 Å². The molecule has 5 N–H and O–H groups in total. The Morgan fingerprint density at radius 3 is 2.50 bits per heavy atom. The quantitative estimate of drug-likeness (QED) is 0.228. The van der Waals surface area contributed by atoms with Crippen LogP contribution >= 0.6 is 23.5 Å². The van der Waals surface area contributed by atoms with Crippen molar-refractivity contribution < 1.29 is 29.6 Å². The van der Waals surface area contributed by atoms with Crippen molar-refractivity contribution in [1.29, 1.82) is 0 Å². The monoisotopic (exact) mass is 651 g/mol. The molecule has 4 aliphatic rings. The lowest BCUT2D eigenvalue weighted by Gasteiger charge is -2.44. The van der Waals surface area contributed by atoms with Gasteiger partial charge < -0.3 is 35.4 Å². The summed E-state index contributed by atoms with van der Waals surface area (Å²) >= 11 is 2.88. The predicted molar refractivity (Wildman–Crippen MR) is 176 cm³/mol.